The number of nitrogens with zero attached hydrogens (tertiary/aromatic N) is 2. The predicted octanol–water partition coefficient (Wildman–Crippen LogP) is 3.04. The Balaban J connectivity index is 2.06. The molecule has 1 saturated heterocycles. The number of carbonyl (C=O) groups excluding carboxylic acids is 2. The van der Waals surface area contributed by atoms with Crippen molar-refractivity contribution in [2.24, 2.45) is 5.92 Å². The first-order valence-corrected chi connectivity index (χ1v) is 8.78. The highest BCUT2D eigenvalue weighted by molar-refractivity contribution is 5.79. The molecule has 1 N–H and O–H groups in total. The lowest BCUT2D eigenvalue weighted by Crippen LogP contribution is -2.43. The number of nitrogens with one attached hydrogen (secondary N) is 1. The van der Waals surface area contributed by atoms with Crippen LogP contribution >= 0.6 is 0 Å². The van der Waals surface area contributed by atoms with Crippen LogP contribution in [0, 0.1) is 5.92 Å². The number of carbonyl (C=O) groups is 2. The van der Waals surface area contributed by atoms with Gasteiger partial charge in [0.15, 0.2) is 0 Å². The summed E-state index contributed by atoms with van der Waals surface area (Å²) in [4.78, 5) is 28.3. The molecule has 1 fully saturated rings. The maximum absolute atomic E-state index is 12.7. The van der Waals surface area contributed by atoms with Crippen LogP contribution in [0.3, 0.4) is 0 Å². The van der Waals surface area contributed by atoms with E-state index in [0.29, 0.717) is 5.92 Å². The molecule has 24 heavy (non-hydrogen) atoms. The van der Waals surface area contributed by atoms with Crippen LogP contribution in [-0.2, 0) is 4.79 Å². The molecule has 5 nitrogen and oxygen atoms in total. The fourth-order valence-electron chi connectivity index (χ4n) is 3.00. The van der Waals surface area contributed by atoms with Crippen LogP contribution in [-0.4, -0.2) is 48.9 Å². The summed E-state index contributed by atoms with van der Waals surface area (Å²) in [5, 5.41) is 3.07. The normalized spacial score (nSPS) is 19.3. The largest absolute Gasteiger partial charge is 0.349 e. The molecule has 0 saturated carbocycles. The van der Waals surface area contributed by atoms with Gasteiger partial charge in [0.1, 0.15) is 0 Å². The molecule has 2 atom stereocenters. The van der Waals surface area contributed by atoms with Gasteiger partial charge in [-0.3, -0.25) is 4.79 Å². The molecular weight excluding hydrogens is 302 g/mol. The Kier molecular flexibility index (Phi) is 6.64. The summed E-state index contributed by atoms with van der Waals surface area (Å²) in [6.45, 7) is 3.82. The first-order chi connectivity index (χ1) is 11.5. The minimum atomic E-state index is -0.297. The lowest BCUT2D eigenvalue weighted by Gasteiger charge is -2.26. The maximum Gasteiger partial charge on any atom is 0.317 e. The third-order valence-corrected chi connectivity index (χ3v) is 4.68. The molecule has 1 aliphatic rings. The minimum Gasteiger partial charge on any atom is -0.349 e. The van der Waals surface area contributed by atoms with E-state index in [2.05, 4.69) is 12.2 Å². The van der Waals surface area contributed by atoms with Crippen molar-refractivity contribution in [1.29, 1.82) is 0 Å². The molecule has 0 aliphatic carbocycles. The molecule has 1 aliphatic heterocycles. The molecule has 0 unspecified atom stereocenters. The lowest BCUT2D eigenvalue weighted by atomic mass is 10.0. The van der Waals surface area contributed by atoms with Crippen LogP contribution in [0.15, 0.2) is 30.3 Å². The zero-order valence-corrected chi connectivity index (χ0v) is 15.0. The zero-order chi connectivity index (χ0) is 17.5. The van der Waals surface area contributed by atoms with E-state index >= 15 is 0 Å². The second kappa shape index (κ2) is 8.71. The number of benzene rings is 1. The fourth-order valence-corrected chi connectivity index (χ4v) is 3.00. The average Bonchev–Trinajstić information content (AvgIpc) is 2.79. The SMILES string of the molecule is C[C@H]1CCCN(C(=O)N[C@@H](CC(=O)N(C)C)c2ccccc2)CC1. The van der Waals surface area contributed by atoms with Gasteiger partial charge in [-0.15, -0.1) is 0 Å². The van der Waals surface area contributed by atoms with E-state index in [-0.39, 0.29) is 24.4 Å². The summed E-state index contributed by atoms with van der Waals surface area (Å²) in [5.74, 6) is 0.677. The smallest absolute Gasteiger partial charge is 0.317 e. The summed E-state index contributed by atoms with van der Waals surface area (Å²) in [6.07, 6.45) is 3.53. The van der Waals surface area contributed by atoms with Crippen molar-refractivity contribution in [1.82, 2.24) is 15.1 Å². The summed E-state index contributed by atoms with van der Waals surface area (Å²) in [7, 11) is 3.48. The topological polar surface area (TPSA) is 52.7 Å². The van der Waals surface area contributed by atoms with Gasteiger partial charge in [0.2, 0.25) is 5.91 Å². The molecule has 1 aromatic carbocycles. The fraction of sp³-hybridized carbons (Fsp3) is 0.579. The summed E-state index contributed by atoms with van der Waals surface area (Å²) < 4.78 is 0. The molecule has 3 amide bonds. The zero-order valence-electron chi connectivity index (χ0n) is 15.0. The third kappa shape index (κ3) is 5.25. The number of likely N-dealkylation sites (tertiary alicyclic amines) is 1. The van der Waals surface area contributed by atoms with Gasteiger partial charge in [-0.25, -0.2) is 4.79 Å². The van der Waals surface area contributed by atoms with Crippen LogP contribution in [0.1, 0.15) is 44.2 Å². The molecule has 0 bridgehead atoms. The second-order valence-electron chi connectivity index (χ2n) is 6.93. The Bertz CT molecular complexity index is 545. The van der Waals surface area contributed by atoms with Crippen molar-refractivity contribution in [2.75, 3.05) is 27.2 Å². The van der Waals surface area contributed by atoms with Gasteiger partial charge in [0.25, 0.3) is 0 Å². The number of urea groups is 1. The Labute approximate surface area is 145 Å². The van der Waals surface area contributed by atoms with Gasteiger partial charge in [0.05, 0.1) is 12.5 Å². The van der Waals surface area contributed by atoms with Crippen molar-refractivity contribution in [3.05, 3.63) is 35.9 Å². The maximum atomic E-state index is 12.7. The van der Waals surface area contributed by atoms with Crippen LogP contribution in [0.25, 0.3) is 0 Å². The van der Waals surface area contributed by atoms with Gasteiger partial charge in [0, 0.05) is 27.2 Å². The molecule has 5 heteroatoms. The minimum absolute atomic E-state index is 0.00800. The van der Waals surface area contributed by atoms with Gasteiger partial charge in [-0.1, -0.05) is 37.3 Å². The van der Waals surface area contributed by atoms with E-state index in [4.69, 9.17) is 0 Å². The van der Waals surface area contributed by atoms with E-state index in [9.17, 15) is 9.59 Å². The van der Waals surface area contributed by atoms with Crippen LogP contribution in [0.2, 0.25) is 0 Å². The number of hydrogen-bond acceptors (Lipinski definition) is 2. The summed E-state index contributed by atoms with van der Waals surface area (Å²) in [6, 6.07) is 9.35. The van der Waals surface area contributed by atoms with Gasteiger partial charge >= 0.3 is 6.03 Å². The standard InChI is InChI=1S/C19H29N3O2/c1-15-8-7-12-22(13-11-15)19(24)20-17(14-18(23)21(2)3)16-9-5-4-6-10-16/h4-6,9-10,15,17H,7-8,11-14H2,1-3H3,(H,20,24)/t15-,17-/m0/s1. The molecule has 2 rings (SSSR count). The Morgan fingerprint density at radius 3 is 2.58 bits per heavy atom. The van der Waals surface area contributed by atoms with Gasteiger partial charge in [-0.2, -0.15) is 0 Å². The van der Waals surface area contributed by atoms with E-state index in [1.54, 1.807) is 19.0 Å². The van der Waals surface area contributed by atoms with Crippen molar-refractivity contribution in [3.63, 3.8) is 0 Å². The third-order valence-electron chi connectivity index (χ3n) is 4.68. The van der Waals surface area contributed by atoms with Crippen molar-refractivity contribution in [2.45, 2.75) is 38.6 Å². The lowest BCUT2D eigenvalue weighted by molar-refractivity contribution is -0.129. The second-order valence-corrected chi connectivity index (χ2v) is 6.93. The van der Waals surface area contributed by atoms with E-state index in [1.807, 2.05) is 35.2 Å². The molecule has 0 radical (unpaired) electrons. The highest BCUT2D eigenvalue weighted by atomic mass is 16.2. The number of amides is 3. The number of hydrogen-bond donors (Lipinski definition) is 1. The number of rotatable bonds is 4. The Morgan fingerprint density at radius 1 is 1.21 bits per heavy atom. The van der Waals surface area contributed by atoms with Gasteiger partial charge in [-0.05, 0) is 30.7 Å². The van der Waals surface area contributed by atoms with E-state index in [1.165, 1.54) is 6.42 Å². The van der Waals surface area contributed by atoms with Crippen molar-refractivity contribution >= 4 is 11.9 Å². The Morgan fingerprint density at radius 2 is 1.92 bits per heavy atom. The van der Waals surface area contributed by atoms with Crippen LogP contribution in [0.5, 0.6) is 0 Å². The molecular formula is C19H29N3O2. The molecule has 1 aromatic rings. The molecule has 132 valence electrons. The Hall–Kier alpha value is -2.04. The first-order valence-electron chi connectivity index (χ1n) is 8.78. The monoisotopic (exact) mass is 331 g/mol. The summed E-state index contributed by atoms with van der Waals surface area (Å²) >= 11 is 0. The van der Waals surface area contributed by atoms with E-state index < -0.39 is 0 Å². The quantitative estimate of drug-likeness (QED) is 0.922. The average molecular weight is 331 g/mol. The molecule has 0 aromatic heterocycles. The first kappa shape index (κ1) is 18.3. The van der Waals surface area contributed by atoms with E-state index in [0.717, 1.165) is 31.5 Å². The van der Waals surface area contributed by atoms with Crippen molar-refractivity contribution < 1.29 is 9.59 Å². The highest BCUT2D eigenvalue weighted by Crippen LogP contribution is 2.20. The predicted molar refractivity (Wildman–Crippen MR) is 95.6 cm³/mol. The van der Waals surface area contributed by atoms with Crippen molar-refractivity contribution in [3.8, 4) is 0 Å². The summed E-state index contributed by atoms with van der Waals surface area (Å²) in [5.41, 5.74) is 0.962. The molecule has 1 heterocycles. The highest BCUT2D eigenvalue weighted by Gasteiger charge is 2.23. The van der Waals surface area contributed by atoms with Crippen LogP contribution in [0.4, 0.5) is 4.79 Å². The molecule has 0 spiro atoms. The van der Waals surface area contributed by atoms with Gasteiger partial charge < -0.3 is 15.1 Å². The van der Waals surface area contributed by atoms with Crippen LogP contribution < -0.4 is 5.32 Å².